The third-order valence-corrected chi connectivity index (χ3v) is 2.26. The van der Waals surface area contributed by atoms with Crippen LogP contribution in [-0.4, -0.2) is 28.9 Å². The third-order valence-electron chi connectivity index (χ3n) is 1.29. The molecular weight excluding hydrogens is 190 g/mol. The molecule has 13 heavy (non-hydrogen) atoms. The quantitative estimate of drug-likeness (QED) is 0.740. The number of carboxylic acid groups (broad SMARTS) is 1. The van der Waals surface area contributed by atoms with Gasteiger partial charge >= 0.3 is 5.97 Å². The summed E-state index contributed by atoms with van der Waals surface area (Å²) in [5, 5.41) is 9.05. The van der Waals surface area contributed by atoms with Crippen LogP contribution in [-0.2, 0) is 4.79 Å². The number of thioether (sulfide) groups is 1. The van der Waals surface area contributed by atoms with Crippen molar-refractivity contribution in [3.63, 3.8) is 0 Å². The fourth-order valence-electron chi connectivity index (χ4n) is 0.770. The fraction of sp³-hybridized carbons (Fsp3) is 0.250. The van der Waals surface area contributed by atoms with Crippen LogP contribution < -0.4 is 4.74 Å². The number of carboxylic acids is 1. The number of aliphatic carboxylic acids is 1. The lowest BCUT2D eigenvalue weighted by atomic mass is 10.5. The monoisotopic (exact) mass is 199 g/mol. The third kappa shape index (κ3) is 2.95. The van der Waals surface area contributed by atoms with E-state index in [9.17, 15) is 4.79 Å². The molecule has 70 valence electrons. The first-order valence-corrected chi connectivity index (χ1v) is 4.56. The Bertz CT molecular complexity index is 303. The van der Waals surface area contributed by atoms with Crippen molar-refractivity contribution in [1.82, 2.24) is 4.98 Å². The lowest BCUT2D eigenvalue weighted by molar-refractivity contribution is -0.133. The van der Waals surface area contributed by atoms with E-state index in [-0.39, 0.29) is 5.75 Å². The summed E-state index contributed by atoms with van der Waals surface area (Å²) in [7, 11) is 1.53. The molecule has 1 heterocycles. The molecule has 0 amide bonds. The van der Waals surface area contributed by atoms with Gasteiger partial charge in [0.15, 0.2) is 5.75 Å². The molecule has 0 atom stereocenters. The van der Waals surface area contributed by atoms with Crippen LogP contribution in [0, 0.1) is 0 Å². The van der Waals surface area contributed by atoms with Gasteiger partial charge in [-0.2, -0.15) is 0 Å². The van der Waals surface area contributed by atoms with Crippen molar-refractivity contribution in [2.24, 2.45) is 0 Å². The summed E-state index contributed by atoms with van der Waals surface area (Å²) in [4.78, 5) is 14.3. The van der Waals surface area contributed by atoms with Crippen LogP contribution in [0.25, 0.3) is 0 Å². The maximum Gasteiger partial charge on any atom is 0.313 e. The topological polar surface area (TPSA) is 59.4 Å². The molecular formula is C8H9NO3S. The second-order valence-corrected chi connectivity index (χ2v) is 3.16. The summed E-state index contributed by atoms with van der Waals surface area (Å²) in [5.41, 5.74) is 0. The molecule has 0 saturated heterocycles. The Balaban J connectivity index is 2.69. The van der Waals surface area contributed by atoms with Gasteiger partial charge in [0.05, 0.1) is 12.9 Å². The van der Waals surface area contributed by atoms with Gasteiger partial charge in [0, 0.05) is 6.20 Å². The lowest BCUT2D eigenvalue weighted by Crippen LogP contribution is -1.99. The summed E-state index contributed by atoms with van der Waals surface area (Å²) < 4.78 is 5.00. The molecule has 4 nitrogen and oxygen atoms in total. The number of aromatic nitrogens is 1. The van der Waals surface area contributed by atoms with Crippen molar-refractivity contribution < 1.29 is 14.6 Å². The first-order chi connectivity index (χ1) is 6.24. The Morgan fingerprint density at radius 1 is 1.77 bits per heavy atom. The highest BCUT2D eigenvalue weighted by Crippen LogP contribution is 2.25. The van der Waals surface area contributed by atoms with E-state index in [0.717, 1.165) is 11.8 Å². The second-order valence-electron chi connectivity index (χ2n) is 2.19. The maximum atomic E-state index is 10.3. The summed E-state index contributed by atoms with van der Waals surface area (Å²) in [5.74, 6) is -0.264. The van der Waals surface area contributed by atoms with Gasteiger partial charge in [0.25, 0.3) is 0 Å². The van der Waals surface area contributed by atoms with Gasteiger partial charge in [-0.3, -0.25) is 4.79 Å². The predicted octanol–water partition coefficient (Wildman–Crippen LogP) is 1.27. The number of pyridine rings is 1. The summed E-state index contributed by atoms with van der Waals surface area (Å²) in [6.07, 6.45) is 1.60. The Hall–Kier alpha value is -1.23. The number of nitrogens with zero attached hydrogens (tertiary/aromatic N) is 1. The van der Waals surface area contributed by atoms with E-state index in [4.69, 9.17) is 9.84 Å². The predicted molar refractivity (Wildman–Crippen MR) is 49.1 cm³/mol. The standard InChI is InChI=1S/C8H9NO3S/c1-12-6-3-2-4-9-8(6)13-5-7(10)11/h2-4H,5H2,1H3,(H,10,11). The molecule has 0 aromatic carbocycles. The highest BCUT2D eigenvalue weighted by Gasteiger charge is 2.05. The van der Waals surface area contributed by atoms with E-state index in [1.807, 2.05) is 0 Å². The zero-order chi connectivity index (χ0) is 9.68. The lowest BCUT2D eigenvalue weighted by Gasteiger charge is -2.03. The van der Waals surface area contributed by atoms with Crippen LogP contribution in [0.3, 0.4) is 0 Å². The maximum absolute atomic E-state index is 10.3. The summed E-state index contributed by atoms with van der Waals surface area (Å²) in [6.45, 7) is 0. The van der Waals surface area contributed by atoms with Gasteiger partial charge in [0.2, 0.25) is 0 Å². The van der Waals surface area contributed by atoms with Gasteiger partial charge in [-0.05, 0) is 12.1 Å². The molecule has 1 rings (SSSR count). The minimum absolute atomic E-state index is 0.00657. The Kier molecular flexibility index (Phi) is 3.57. The molecule has 0 spiro atoms. The molecule has 0 unspecified atom stereocenters. The molecule has 0 radical (unpaired) electrons. The molecule has 1 N–H and O–H groups in total. The van der Waals surface area contributed by atoms with Crippen LogP contribution in [0.4, 0.5) is 0 Å². The smallest absolute Gasteiger partial charge is 0.313 e. The van der Waals surface area contributed by atoms with Crippen molar-refractivity contribution in [2.75, 3.05) is 12.9 Å². The SMILES string of the molecule is COc1cccnc1SCC(=O)O. The molecule has 1 aromatic heterocycles. The Morgan fingerprint density at radius 3 is 3.15 bits per heavy atom. The highest BCUT2D eigenvalue weighted by atomic mass is 32.2. The molecule has 0 aliphatic rings. The van der Waals surface area contributed by atoms with Crippen LogP contribution in [0.15, 0.2) is 23.4 Å². The number of hydrogen-bond donors (Lipinski definition) is 1. The van der Waals surface area contributed by atoms with Crippen molar-refractivity contribution >= 4 is 17.7 Å². The average molecular weight is 199 g/mol. The summed E-state index contributed by atoms with van der Waals surface area (Å²) >= 11 is 1.14. The van der Waals surface area contributed by atoms with E-state index in [2.05, 4.69) is 4.98 Å². The first kappa shape index (κ1) is 9.85. The van der Waals surface area contributed by atoms with E-state index in [0.29, 0.717) is 10.8 Å². The minimum Gasteiger partial charge on any atom is -0.494 e. The van der Waals surface area contributed by atoms with Crippen LogP contribution in [0.1, 0.15) is 0 Å². The number of rotatable bonds is 4. The van der Waals surface area contributed by atoms with Gasteiger partial charge in [-0.15, -0.1) is 0 Å². The summed E-state index contributed by atoms with van der Waals surface area (Å²) in [6, 6.07) is 3.49. The fourth-order valence-corrected chi connectivity index (χ4v) is 1.46. The molecule has 0 aliphatic carbocycles. The van der Waals surface area contributed by atoms with Gasteiger partial charge in [0.1, 0.15) is 5.03 Å². The number of carbonyl (C=O) groups is 1. The van der Waals surface area contributed by atoms with Gasteiger partial charge < -0.3 is 9.84 Å². The second kappa shape index (κ2) is 4.71. The van der Waals surface area contributed by atoms with E-state index in [1.165, 1.54) is 7.11 Å². The van der Waals surface area contributed by atoms with Crippen molar-refractivity contribution in [2.45, 2.75) is 5.03 Å². The van der Waals surface area contributed by atoms with Crippen molar-refractivity contribution in [3.05, 3.63) is 18.3 Å². The molecule has 5 heteroatoms. The minimum atomic E-state index is -0.863. The zero-order valence-electron chi connectivity index (χ0n) is 7.06. The number of hydrogen-bond acceptors (Lipinski definition) is 4. The van der Waals surface area contributed by atoms with E-state index < -0.39 is 5.97 Å². The molecule has 0 fully saturated rings. The van der Waals surface area contributed by atoms with E-state index in [1.54, 1.807) is 18.3 Å². The molecule has 0 bridgehead atoms. The first-order valence-electron chi connectivity index (χ1n) is 3.57. The number of methoxy groups -OCH3 is 1. The largest absolute Gasteiger partial charge is 0.494 e. The van der Waals surface area contributed by atoms with Gasteiger partial charge in [-0.25, -0.2) is 4.98 Å². The molecule has 0 saturated carbocycles. The van der Waals surface area contributed by atoms with Crippen LogP contribution in [0.5, 0.6) is 5.75 Å². The van der Waals surface area contributed by atoms with Crippen molar-refractivity contribution in [3.8, 4) is 5.75 Å². The Morgan fingerprint density at radius 2 is 2.54 bits per heavy atom. The average Bonchev–Trinajstić information content (AvgIpc) is 2.15. The van der Waals surface area contributed by atoms with E-state index >= 15 is 0 Å². The normalized spacial score (nSPS) is 9.62. The van der Waals surface area contributed by atoms with Crippen LogP contribution in [0.2, 0.25) is 0 Å². The van der Waals surface area contributed by atoms with Gasteiger partial charge in [-0.1, -0.05) is 11.8 Å². The zero-order valence-corrected chi connectivity index (χ0v) is 7.87. The number of ether oxygens (including phenoxy) is 1. The van der Waals surface area contributed by atoms with Crippen LogP contribution >= 0.6 is 11.8 Å². The Labute approximate surface area is 79.9 Å². The molecule has 0 aliphatic heterocycles. The highest BCUT2D eigenvalue weighted by molar-refractivity contribution is 8.00. The molecule has 1 aromatic rings. The van der Waals surface area contributed by atoms with Crippen molar-refractivity contribution in [1.29, 1.82) is 0 Å².